The van der Waals surface area contributed by atoms with Crippen molar-refractivity contribution < 1.29 is 8.76 Å². The lowest BCUT2D eigenvalue weighted by Crippen LogP contribution is -2.21. The molecule has 0 aliphatic carbocycles. The van der Waals surface area contributed by atoms with Crippen LogP contribution in [0.15, 0.2) is 24.3 Å². The highest BCUT2D eigenvalue weighted by molar-refractivity contribution is 9.27. The standard InChI is InChI=1S/C9H10Br2O2S/c1-7-2-4-8(5-3-7)6-9(10,11)14(12)13/h2-5H,6H2,1H3,(H,12,13). The minimum Gasteiger partial charge on any atom is -0.304 e. The Balaban J connectivity index is 2.79. The number of alkyl halides is 2. The van der Waals surface area contributed by atoms with Crippen molar-refractivity contribution in [1.29, 1.82) is 0 Å². The molecular weight excluding hydrogens is 332 g/mol. The zero-order valence-electron chi connectivity index (χ0n) is 7.54. The van der Waals surface area contributed by atoms with E-state index in [-0.39, 0.29) is 0 Å². The minimum atomic E-state index is -1.95. The maximum atomic E-state index is 10.9. The average molecular weight is 342 g/mol. The second kappa shape index (κ2) is 4.88. The molecule has 5 heteroatoms. The Morgan fingerprint density at radius 3 is 2.29 bits per heavy atom. The van der Waals surface area contributed by atoms with Crippen molar-refractivity contribution in [2.75, 3.05) is 0 Å². The molecule has 0 aliphatic rings. The summed E-state index contributed by atoms with van der Waals surface area (Å²) in [6.07, 6.45) is 0.455. The van der Waals surface area contributed by atoms with E-state index >= 15 is 0 Å². The molecule has 0 radical (unpaired) electrons. The Kier molecular flexibility index (Phi) is 4.30. The van der Waals surface area contributed by atoms with Gasteiger partial charge < -0.3 is 4.55 Å². The average Bonchev–Trinajstić information content (AvgIpc) is 2.08. The van der Waals surface area contributed by atoms with Gasteiger partial charge in [-0.05, 0) is 12.5 Å². The third-order valence-corrected chi connectivity index (χ3v) is 4.66. The maximum Gasteiger partial charge on any atom is 0.184 e. The highest BCUT2D eigenvalue weighted by Crippen LogP contribution is 2.33. The van der Waals surface area contributed by atoms with Crippen molar-refractivity contribution in [2.24, 2.45) is 0 Å². The van der Waals surface area contributed by atoms with Crippen LogP contribution >= 0.6 is 31.9 Å². The van der Waals surface area contributed by atoms with Crippen LogP contribution < -0.4 is 0 Å². The molecule has 78 valence electrons. The SMILES string of the molecule is Cc1ccc(CC(Br)(Br)S(=O)O)cc1. The topological polar surface area (TPSA) is 37.3 Å². The quantitative estimate of drug-likeness (QED) is 0.677. The van der Waals surface area contributed by atoms with Crippen LogP contribution in [0.4, 0.5) is 0 Å². The van der Waals surface area contributed by atoms with Gasteiger partial charge in [0, 0.05) is 6.42 Å². The van der Waals surface area contributed by atoms with E-state index in [9.17, 15) is 4.21 Å². The third-order valence-electron chi connectivity index (χ3n) is 1.79. The fourth-order valence-electron chi connectivity index (χ4n) is 1.01. The molecule has 14 heavy (non-hydrogen) atoms. The lowest BCUT2D eigenvalue weighted by atomic mass is 10.1. The molecule has 0 amide bonds. The Labute approximate surface area is 103 Å². The van der Waals surface area contributed by atoms with E-state index in [1.165, 1.54) is 5.56 Å². The first-order chi connectivity index (χ1) is 6.42. The lowest BCUT2D eigenvalue weighted by molar-refractivity contribution is 0.558. The van der Waals surface area contributed by atoms with Crippen LogP contribution in [0.25, 0.3) is 0 Å². The largest absolute Gasteiger partial charge is 0.304 e. The van der Waals surface area contributed by atoms with Gasteiger partial charge in [-0.15, -0.1) is 0 Å². The van der Waals surface area contributed by atoms with Crippen LogP contribution in [0.3, 0.4) is 0 Å². The van der Waals surface area contributed by atoms with Crippen LogP contribution in [-0.2, 0) is 17.5 Å². The molecule has 1 N–H and O–H groups in total. The van der Waals surface area contributed by atoms with Crippen LogP contribution in [0.2, 0.25) is 0 Å². The number of rotatable bonds is 3. The zero-order valence-corrected chi connectivity index (χ0v) is 11.5. The van der Waals surface area contributed by atoms with Crippen LogP contribution in [0.5, 0.6) is 0 Å². The molecule has 0 saturated carbocycles. The Bertz CT molecular complexity index is 335. The van der Waals surface area contributed by atoms with Gasteiger partial charge in [-0.3, -0.25) is 0 Å². The Morgan fingerprint density at radius 2 is 1.86 bits per heavy atom. The highest BCUT2D eigenvalue weighted by atomic mass is 79.9. The fraction of sp³-hybridized carbons (Fsp3) is 0.333. The van der Waals surface area contributed by atoms with E-state index < -0.39 is 13.6 Å². The third kappa shape index (κ3) is 3.46. The molecule has 0 aromatic heterocycles. The lowest BCUT2D eigenvalue weighted by Gasteiger charge is -2.15. The number of benzene rings is 1. The summed E-state index contributed by atoms with van der Waals surface area (Å²) in [5.74, 6) is 0. The normalized spacial score (nSPS) is 14.0. The van der Waals surface area contributed by atoms with Gasteiger partial charge in [0.1, 0.15) is 0 Å². The molecule has 0 aliphatic heterocycles. The molecule has 2 nitrogen and oxygen atoms in total. The summed E-state index contributed by atoms with van der Waals surface area (Å²) in [6, 6.07) is 7.84. The first-order valence-corrected chi connectivity index (χ1v) is 6.65. The molecule has 0 heterocycles. The molecule has 1 rings (SSSR count). The number of halogens is 2. The van der Waals surface area contributed by atoms with Crippen molar-refractivity contribution in [1.82, 2.24) is 0 Å². The van der Waals surface area contributed by atoms with Crippen molar-refractivity contribution in [2.45, 2.75) is 15.9 Å². The maximum absolute atomic E-state index is 10.9. The van der Waals surface area contributed by atoms with E-state index in [4.69, 9.17) is 4.55 Å². The number of aryl methyl sites for hydroxylation is 1. The van der Waals surface area contributed by atoms with Crippen molar-refractivity contribution >= 4 is 42.9 Å². The summed E-state index contributed by atoms with van der Waals surface area (Å²) in [5.41, 5.74) is 2.18. The number of hydrogen-bond donors (Lipinski definition) is 1. The molecule has 0 saturated heterocycles. The summed E-state index contributed by atoms with van der Waals surface area (Å²) in [4.78, 5) is 0. The smallest absolute Gasteiger partial charge is 0.184 e. The van der Waals surface area contributed by atoms with Gasteiger partial charge in [-0.2, -0.15) is 0 Å². The van der Waals surface area contributed by atoms with Crippen LogP contribution in [0, 0.1) is 6.92 Å². The fourth-order valence-corrected chi connectivity index (χ4v) is 1.94. The summed E-state index contributed by atoms with van der Waals surface area (Å²) >= 11 is 4.39. The van der Waals surface area contributed by atoms with E-state index in [2.05, 4.69) is 31.9 Å². The molecule has 0 fully saturated rings. The molecule has 1 unspecified atom stereocenters. The summed E-state index contributed by atoms with van der Waals surface area (Å²) in [5, 5.41) is 0. The van der Waals surface area contributed by atoms with E-state index in [0.29, 0.717) is 6.42 Å². The van der Waals surface area contributed by atoms with Crippen molar-refractivity contribution in [3.8, 4) is 0 Å². The first kappa shape index (κ1) is 12.4. The van der Waals surface area contributed by atoms with E-state index in [0.717, 1.165) is 5.56 Å². The van der Waals surface area contributed by atoms with Gasteiger partial charge in [-0.25, -0.2) is 4.21 Å². The number of hydrogen-bond acceptors (Lipinski definition) is 1. The molecule has 1 aromatic carbocycles. The van der Waals surface area contributed by atoms with Gasteiger partial charge in [0.2, 0.25) is 0 Å². The second-order valence-corrected chi connectivity index (χ2v) is 9.07. The summed E-state index contributed by atoms with van der Waals surface area (Å²) < 4.78 is 18.9. The predicted octanol–water partition coefficient (Wildman–Crippen LogP) is 3.20. The molecule has 0 spiro atoms. The monoisotopic (exact) mass is 340 g/mol. The first-order valence-electron chi connectivity index (χ1n) is 3.96. The summed E-state index contributed by atoms with van der Waals surface area (Å²) in [6.45, 7) is 2.00. The van der Waals surface area contributed by atoms with E-state index in [1.807, 2.05) is 31.2 Å². The molecule has 0 bridgehead atoms. The second-order valence-electron chi connectivity index (χ2n) is 3.05. The predicted molar refractivity (Wildman–Crippen MR) is 66.2 cm³/mol. The van der Waals surface area contributed by atoms with Crippen molar-refractivity contribution in [3.05, 3.63) is 35.4 Å². The van der Waals surface area contributed by atoms with Gasteiger partial charge >= 0.3 is 0 Å². The molecule has 1 atom stereocenters. The highest BCUT2D eigenvalue weighted by Gasteiger charge is 2.30. The van der Waals surface area contributed by atoms with Gasteiger partial charge in [0.25, 0.3) is 0 Å². The minimum absolute atomic E-state index is 0.455. The molecule has 1 aromatic rings. The summed E-state index contributed by atoms with van der Waals surface area (Å²) in [7, 11) is 0. The Hall–Kier alpha value is 0.290. The molecular formula is C9H10Br2O2S. The van der Waals surface area contributed by atoms with Crippen LogP contribution in [0.1, 0.15) is 11.1 Å². The zero-order chi connectivity index (χ0) is 10.8. The van der Waals surface area contributed by atoms with Crippen LogP contribution in [-0.4, -0.2) is 11.3 Å². The van der Waals surface area contributed by atoms with Gasteiger partial charge in [0.15, 0.2) is 13.6 Å². The van der Waals surface area contributed by atoms with Gasteiger partial charge in [-0.1, -0.05) is 61.7 Å². The van der Waals surface area contributed by atoms with E-state index in [1.54, 1.807) is 0 Å². The van der Waals surface area contributed by atoms with Gasteiger partial charge in [0.05, 0.1) is 0 Å². The van der Waals surface area contributed by atoms with Crippen molar-refractivity contribution in [3.63, 3.8) is 0 Å². The Morgan fingerprint density at radius 1 is 1.36 bits per heavy atom.